The number of benzene rings is 1. The van der Waals surface area contributed by atoms with Crippen LogP contribution in [0.25, 0.3) is 0 Å². The number of nitrogens with one attached hydrogen (secondary N) is 1. The van der Waals surface area contributed by atoms with Crippen molar-refractivity contribution in [3.05, 3.63) is 53.5 Å². The van der Waals surface area contributed by atoms with Crippen molar-refractivity contribution in [3.8, 4) is 0 Å². The summed E-state index contributed by atoms with van der Waals surface area (Å²) in [6.45, 7) is 0. The number of hydrogen-bond acceptors (Lipinski definition) is 5. The van der Waals surface area contributed by atoms with E-state index < -0.39 is 5.91 Å². The number of carbonyl (C=O) groups excluding carboxylic acids is 1. The molecular weight excluding hydrogens is 279 g/mol. The molecule has 1 amide bonds. The van der Waals surface area contributed by atoms with E-state index in [9.17, 15) is 9.18 Å². The second kappa shape index (κ2) is 6.36. The number of amides is 1. The van der Waals surface area contributed by atoms with Crippen LogP contribution in [0.4, 0.5) is 10.2 Å². The molecule has 2 rings (SSSR count). The fourth-order valence-corrected chi connectivity index (χ4v) is 2.38. The Bertz CT molecular complexity index is 618. The fraction of sp³-hybridized carbons (Fsp3) is 0.0769. The van der Waals surface area contributed by atoms with Crippen molar-refractivity contribution in [1.82, 2.24) is 10.4 Å². The lowest BCUT2D eigenvalue weighted by Crippen LogP contribution is -2.30. The minimum atomic E-state index is -0.453. The molecule has 0 bridgehead atoms. The van der Waals surface area contributed by atoms with Gasteiger partial charge in [0.25, 0.3) is 5.91 Å². The first-order chi connectivity index (χ1) is 9.60. The van der Waals surface area contributed by atoms with E-state index in [1.165, 1.54) is 30.0 Å². The second-order valence-electron chi connectivity index (χ2n) is 3.99. The van der Waals surface area contributed by atoms with Gasteiger partial charge in [-0.3, -0.25) is 10.2 Å². The summed E-state index contributed by atoms with van der Waals surface area (Å²) in [5.74, 6) is 5.04. The van der Waals surface area contributed by atoms with Crippen molar-refractivity contribution < 1.29 is 9.18 Å². The smallest absolute Gasteiger partial charge is 0.265 e. The van der Waals surface area contributed by atoms with Crippen LogP contribution in [0.1, 0.15) is 15.9 Å². The van der Waals surface area contributed by atoms with Crippen molar-refractivity contribution in [2.24, 2.45) is 5.84 Å². The molecule has 1 heterocycles. The van der Waals surface area contributed by atoms with E-state index in [2.05, 4.69) is 4.98 Å². The number of halogens is 1. The highest BCUT2D eigenvalue weighted by molar-refractivity contribution is 7.98. The Morgan fingerprint density at radius 2 is 2.15 bits per heavy atom. The summed E-state index contributed by atoms with van der Waals surface area (Å²) in [5.41, 5.74) is 8.25. The SMILES string of the molecule is NNC(=O)c1ccc(F)c(CSc2ccc(N)nc2)c1. The summed E-state index contributed by atoms with van der Waals surface area (Å²) in [5, 5.41) is 0. The number of aromatic nitrogens is 1. The van der Waals surface area contributed by atoms with Gasteiger partial charge < -0.3 is 5.73 Å². The number of pyridine rings is 1. The molecule has 1 aromatic heterocycles. The number of hydrogen-bond donors (Lipinski definition) is 3. The zero-order chi connectivity index (χ0) is 14.5. The number of rotatable bonds is 4. The van der Waals surface area contributed by atoms with Crippen LogP contribution in [0.3, 0.4) is 0 Å². The molecule has 0 atom stereocenters. The maximum atomic E-state index is 13.7. The van der Waals surface area contributed by atoms with E-state index in [1.807, 2.05) is 5.43 Å². The minimum Gasteiger partial charge on any atom is -0.384 e. The molecule has 0 aliphatic heterocycles. The van der Waals surface area contributed by atoms with Crippen LogP contribution in [-0.2, 0) is 5.75 Å². The molecule has 2 aromatic rings. The maximum absolute atomic E-state index is 13.7. The first kappa shape index (κ1) is 14.3. The van der Waals surface area contributed by atoms with E-state index in [0.29, 0.717) is 22.7 Å². The third kappa shape index (κ3) is 3.46. The normalized spacial score (nSPS) is 10.3. The molecule has 0 saturated heterocycles. The zero-order valence-electron chi connectivity index (χ0n) is 10.5. The van der Waals surface area contributed by atoms with Crippen molar-refractivity contribution in [2.75, 3.05) is 5.73 Å². The van der Waals surface area contributed by atoms with E-state index in [-0.39, 0.29) is 5.82 Å². The number of thioether (sulfide) groups is 1. The average molecular weight is 292 g/mol. The van der Waals surface area contributed by atoms with Gasteiger partial charge in [-0.1, -0.05) is 0 Å². The van der Waals surface area contributed by atoms with E-state index >= 15 is 0 Å². The molecule has 20 heavy (non-hydrogen) atoms. The Balaban J connectivity index is 2.12. The molecule has 0 radical (unpaired) electrons. The molecule has 0 fully saturated rings. The summed E-state index contributed by atoms with van der Waals surface area (Å²) >= 11 is 1.40. The Labute approximate surface area is 119 Å². The van der Waals surface area contributed by atoms with Gasteiger partial charge in [-0.2, -0.15) is 0 Å². The van der Waals surface area contributed by atoms with Crippen LogP contribution >= 0.6 is 11.8 Å². The summed E-state index contributed by atoms with van der Waals surface area (Å²) in [7, 11) is 0. The lowest BCUT2D eigenvalue weighted by atomic mass is 10.1. The predicted molar refractivity (Wildman–Crippen MR) is 76.3 cm³/mol. The van der Waals surface area contributed by atoms with Crippen molar-refractivity contribution in [1.29, 1.82) is 0 Å². The second-order valence-corrected chi connectivity index (χ2v) is 5.04. The molecule has 0 saturated carbocycles. The van der Waals surface area contributed by atoms with Crippen LogP contribution in [0.15, 0.2) is 41.4 Å². The number of nitrogens with zero attached hydrogens (tertiary/aromatic N) is 1. The Morgan fingerprint density at radius 3 is 2.80 bits per heavy atom. The van der Waals surface area contributed by atoms with Crippen molar-refractivity contribution in [2.45, 2.75) is 10.6 Å². The fourth-order valence-electron chi connectivity index (χ4n) is 1.55. The van der Waals surface area contributed by atoms with Crippen LogP contribution in [0, 0.1) is 5.82 Å². The van der Waals surface area contributed by atoms with Gasteiger partial charge in [0.05, 0.1) is 0 Å². The molecule has 7 heteroatoms. The van der Waals surface area contributed by atoms with Gasteiger partial charge in [0.2, 0.25) is 0 Å². The lowest BCUT2D eigenvalue weighted by molar-refractivity contribution is 0.0953. The lowest BCUT2D eigenvalue weighted by Gasteiger charge is -2.06. The highest BCUT2D eigenvalue weighted by Crippen LogP contribution is 2.24. The van der Waals surface area contributed by atoms with Crippen molar-refractivity contribution >= 4 is 23.5 Å². The van der Waals surface area contributed by atoms with Crippen LogP contribution in [-0.4, -0.2) is 10.9 Å². The van der Waals surface area contributed by atoms with Crippen LogP contribution in [0.2, 0.25) is 0 Å². The molecule has 0 aliphatic carbocycles. The van der Waals surface area contributed by atoms with E-state index in [1.54, 1.807) is 18.3 Å². The van der Waals surface area contributed by atoms with Crippen LogP contribution in [0.5, 0.6) is 0 Å². The molecule has 0 aliphatic rings. The van der Waals surface area contributed by atoms with E-state index in [0.717, 1.165) is 4.90 Å². The Hall–Kier alpha value is -2.12. The highest BCUT2D eigenvalue weighted by Gasteiger charge is 2.09. The monoisotopic (exact) mass is 292 g/mol. The standard InChI is InChI=1S/C13H13FN4OS/c14-11-3-1-8(13(19)18-16)5-9(11)7-20-10-2-4-12(15)17-6-10/h1-6H,7,16H2,(H2,15,17)(H,18,19). The number of hydrazine groups is 1. The highest BCUT2D eigenvalue weighted by atomic mass is 32.2. The molecular formula is C13H13FN4OS. The van der Waals surface area contributed by atoms with Gasteiger partial charge in [0.1, 0.15) is 11.6 Å². The molecule has 0 spiro atoms. The Kier molecular flexibility index (Phi) is 4.54. The third-order valence-electron chi connectivity index (χ3n) is 2.59. The third-order valence-corrected chi connectivity index (χ3v) is 3.62. The number of nitrogen functional groups attached to an aromatic ring is 2. The molecule has 5 nitrogen and oxygen atoms in total. The van der Waals surface area contributed by atoms with E-state index in [4.69, 9.17) is 11.6 Å². The topological polar surface area (TPSA) is 94.0 Å². The molecule has 1 aromatic carbocycles. The van der Waals surface area contributed by atoms with Crippen molar-refractivity contribution in [3.63, 3.8) is 0 Å². The molecule has 5 N–H and O–H groups in total. The predicted octanol–water partition coefficient (Wildman–Crippen LogP) is 1.70. The first-order valence-corrected chi connectivity index (χ1v) is 6.72. The van der Waals surface area contributed by atoms with Gasteiger partial charge in [-0.25, -0.2) is 15.2 Å². The van der Waals surface area contributed by atoms with Gasteiger partial charge in [0.15, 0.2) is 0 Å². The summed E-state index contributed by atoms with van der Waals surface area (Å²) in [6.07, 6.45) is 1.62. The molecule has 0 unspecified atom stereocenters. The quantitative estimate of drug-likeness (QED) is 0.345. The first-order valence-electron chi connectivity index (χ1n) is 5.74. The number of nitrogens with two attached hydrogens (primary N) is 2. The van der Waals surface area contributed by atoms with Gasteiger partial charge in [0, 0.05) is 22.4 Å². The summed E-state index contributed by atoms with van der Waals surface area (Å²) in [6, 6.07) is 7.60. The minimum absolute atomic E-state index is 0.319. The van der Waals surface area contributed by atoms with Gasteiger partial charge >= 0.3 is 0 Å². The summed E-state index contributed by atoms with van der Waals surface area (Å²) in [4.78, 5) is 16.2. The van der Waals surface area contributed by atoms with Gasteiger partial charge in [-0.05, 0) is 35.9 Å². The number of carbonyl (C=O) groups is 1. The van der Waals surface area contributed by atoms with Gasteiger partial charge in [-0.15, -0.1) is 11.8 Å². The van der Waals surface area contributed by atoms with Crippen LogP contribution < -0.4 is 17.0 Å². The maximum Gasteiger partial charge on any atom is 0.265 e. The Morgan fingerprint density at radius 1 is 1.35 bits per heavy atom. The number of anilines is 1. The molecule has 104 valence electrons. The largest absolute Gasteiger partial charge is 0.384 e. The average Bonchev–Trinajstić information content (AvgIpc) is 2.47. The summed E-state index contributed by atoms with van der Waals surface area (Å²) < 4.78 is 13.7. The zero-order valence-corrected chi connectivity index (χ0v) is 11.3.